The molecule has 2 fully saturated rings. The number of anilines is 1. The predicted molar refractivity (Wildman–Crippen MR) is 76.9 cm³/mol. The van der Waals surface area contributed by atoms with Gasteiger partial charge in [-0.25, -0.2) is 0 Å². The van der Waals surface area contributed by atoms with Gasteiger partial charge >= 0.3 is 0 Å². The number of benzene rings is 1. The van der Waals surface area contributed by atoms with Crippen LogP contribution in [0.1, 0.15) is 25.7 Å². The predicted octanol–water partition coefficient (Wildman–Crippen LogP) is 2.65. The second-order valence-electron chi connectivity index (χ2n) is 5.88. The maximum absolute atomic E-state index is 11.8. The lowest BCUT2D eigenvalue weighted by Gasteiger charge is -2.16. The Balaban J connectivity index is 1.38. The van der Waals surface area contributed by atoms with Crippen molar-refractivity contribution >= 4 is 11.6 Å². The van der Waals surface area contributed by atoms with Crippen LogP contribution in [0, 0.1) is 17.8 Å². The molecule has 0 unspecified atom stereocenters. The molecule has 2 aliphatic carbocycles. The largest absolute Gasteiger partial charge is 0.325 e. The van der Waals surface area contributed by atoms with E-state index in [2.05, 4.69) is 10.6 Å². The van der Waals surface area contributed by atoms with E-state index in [0.717, 1.165) is 30.0 Å². The van der Waals surface area contributed by atoms with Gasteiger partial charge in [-0.05, 0) is 62.1 Å². The Morgan fingerprint density at radius 1 is 1.11 bits per heavy atom. The quantitative estimate of drug-likeness (QED) is 0.789. The van der Waals surface area contributed by atoms with Crippen molar-refractivity contribution in [2.24, 2.45) is 17.8 Å². The Labute approximate surface area is 114 Å². The maximum atomic E-state index is 11.8. The first-order valence-corrected chi connectivity index (χ1v) is 7.38. The highest BCUT2D eigenvalue weighted by Gasteiger charge is 2.40. The Bertz CT molecular complexity index is 412. The van der Waals surface area contributed by atoms with E-state index >= 15 is 0 Å². The van der Waals surface area contributed by atoms with Crippen LogP contribution in [0.15, 0.2) is 30.3 Å². The highest BCUT2D eigenvalue weighted by atomic mass is 16.1. The van der Waals surface area contributed by atoms with Crippen LogP contribution in [-0.2, 0) is 4.79 Å². The third kappa shape index (κ3) is 3.80. The molecular formula is C16H22N2O. The molecule has 1 aromatic rings. The molecule has 3 heteroatoms. The molecule has 0 aromatic heterocycles. The average molecular weight is 258 g/mol. The summed E-state index contributed by atoms with van der Waals surface area (Å²) in [6.07, 6.45) is 5.61. The summed E-state index contributed by atoms with van der Waals surface area (Å²) < 4.78 is 0. The molecule has 0 atom stereocenters. The molecule has 0 saturated heterocycles. The second-order valence-corrected chi connectivity index (χ2v) is 5.88. The van der Waals surface area contributed by atoms with E-state index in [9.17, 15) is 4.79 Å². The van der Waals surface area contributed by atoms with Gasteiger partial charge in [0.25, 0.3) is 0 Å². The molecule has 2 saturated carbocycles. The summed E-state index contributed by atoms with van der Waals surface area (Å²) >= 11 is 0. The van der Waals surface area contributed by atoms with Crippen molar-refractivity contribution in [3.8, 4) is 0 Å². The normalized spacial score (nSPS) is 18.6. The Morgan fingerprint density at radius 2 is 1.74 bits per heavy atom. The summed E-state index contributed by atoms with van der Waals surface area (Å²) in [5.74, 6) is 2.76. The van der Waals surface area contributed by atoms with E-state index in [-0.39, 0.29) is 5.91 Å². The minimum Gasteiger partial charge on any atom is -0.325 e. The number of carbonyl (C=O) groups is 1. The van der Waals surface area contributed by atoms with Crippen LogP contribution in [-0.4, -0.2) is 19.0 Å². The summed E-state index contributed by atoms with van der Waals surface area (Å²) in [6.45, 7) is 1.43. The summed E-state index contributed by atoms with van der Waals surface area (Å²) in [5, 5.41) is 6.24. The van der Waals surface area contributed by atoms with Crippen molar-refractivity contribution in [2.75, 3.05) is 18.4 Å². The first-order chi connectivity index (χ1) is 9.33. The Hall–Kier alpha value is -1.35. The summed E-state index contributed by atoms with van der Waals surface area (Å²) in [7, 11) is 0. The van der Waals surface area contributed by atoms with Crippen molar-refractivity contribution in [1.29, 1.82) is 0 Å². The molecule has 0 aliphatic heterocycles. The Morgan fingerprint density at radius 3 is 2.32 bits per heavy atom. The van der Waals surface area contributed by atoms with Crippen LogP contribution in [0.25, 0.3) is 0 Å². The molecule has 3 nitrogen and oxygen atoms in total. The highest BCUT2D eigenvalue weighted by molar-refractivity contribution is 5.92. The van der Waals surface area contributed by atoms with Crippen LogP contribution in [0.4, 0.5) is 5.69 Å². The first kappa shape index (κ1) is 12.7. The molecular weight excluding hydrogens is 236 g/mol. The summed E-state index contributed by atoms with van der Waals surface area (Å²) in [5.41, 5.74) is 0.871. The van der Waals surface area contributed by atoms with Gasteiger partial charge in [-0.1, -0.05) is 18.2 Å². The fourth-order valence-electron chi connectivity index (χ4n) is 2.85. The van der Waals surface area contributed by atoms with Gasteiger partial charge in [-0.15, -0.1) is 0 Å². The fourth-order valence-corrected chi connectivity index (χ4v) is 2.85. The summed E-state index contributed by atoms with van der Waals surface area (Å²) in [6, 6.07) is 9.63. The molecule has 0 heterocycles. The standard InChI is InChI=1S/C16H22N2O/c19-16(18-14-4-2-1-3-5-14)11-17-10-15(12-6-7-12)13-8-9-13/h1-5,12-13,15,17H,6-11H2,(H,18,19). The number of rotatable bonds is 7. The number of hydrogen-bond donors (Lipinski definition) is 2. The lowest BCUT2D eigenvalue weighted by molar-refractivity contribution is -0.115. The molecule has 102 valence electrons. The topological polar surface area (TPSA) is 41.1 Å². The van der Waals surface area contributed by atoms with Crippen LogP contribution in [0.5, 0.6) is 0 Å². The number of para-hydroxylation sites is 1. The minimum atomic E-state index is 0.0524. The summed E-state index contributed by atoms with van der Waals surface area (Å²) in [4.78, 5) is 11.8. The lowest BCUT2D eigenvalue weighted by atomic mass is 9.98. The number of carbonyl (C=O) groups excluding carboxylic acids is 1. The highest BCUT2D eigenvalue weighted by Crippen LogP contribution is 2.48. The number of amides is 1. The number of hydrogen-bond acceptors (Lipinski definition) is 2. The van der Waals surface area contributed by atoms with E-state index in [1.54, 1.807) is 0 Å². The molecule has 2 aliphatic rings. The zero-order chi connectivity index (χ0) is 13.1. The minimum absolute atomic E-state index is 0.0524. The second kappa shape index (κ2) is 5.74. The van der Waals surface area contributed by atoms with Crippen LogP contribution < -0.4 is 10.6 Å². The van der Waals surface area contributed by atoms with Crippen molar-refractivity contribution in [1.82, 2.24) is 5.32 Å². The average Bonchev–Trinajstić information content (AvgIpc) is 3.29. The molecule has 0 spiro atoms. The first-order valence-electron chi connectivity index (χ1n) is 7.38. The molecule has 19 heavy (non-hydrogen) atoms. The monoisotopic (exact) mass is 258 g/mol. The SMILES string of the molecule is O=C(CNCC(C1CC1)C1CC1)Nc1ccccc1. The van der Waals surface area contributed by atoms with Gasteiger partial charge in [0.15, 0.2) is 0 Å². The molecule has 1 aromatic carbocycles. The third-order valence-corrected chi connectivity index (χ3v) is 4.18. The van der Waals surface area contributed by atoms with Crippen molar-refractivity contribution in [2.45, 2.75) is 25.7 Å². The Kier molecular flexibility index (Phi) is 3.83. The third-order valence-electron chi connectivity index (χ3n) is 4.18. The molecule has 1 amide bonds. The molecule has 3 rings (SSSR count). The van der Waals surface area contributed by atoms with Crippen LogP contribution in [0.3, 0.4) is 0 Å². The van der Waals surface area contributed by atoms with Gasteiger partial charge in [0, 0.05) is 5.69 Å². The zero-order valence-corrected chi connectivity index (χ0v) is 11.3. The number of nitrogens with one attached hydrogen (secondary N) is 2. The molecule has 0 radical (unpaired) electrons. The lowest BCUT2D eigenvalue weighted by Crippen LogP contribution is -2.33. The van der Waals surface area contributed by atoms with Crippen molar-refractivity contribution in [3.63, 3.8) is 0 Å². The van der Waals surface area contributed by atoms with Gasteiger partial charge in [0.1, 0.15) is 0 Å². The van der Waals surface area contributed by atoms with E-state index in [0.29, 0.717) is 6.54 Å². The van der Waals surface area contributed by atoms with E-state index in [1.165, 1.54) is 25.7 Å². The maximum Gasteiger partial charge on any atom is 0.238 e. The van der Waals surface area contributed by atoms with Crippen LogP contribution in [0.2, 0.25) is 0 Å². The molecule has 2 N–H and O–H groups in total. The van der Waals surface area contributed by atoms with Gasteiger partial charge in [-0.3, -0.25) is 4.79 Å². The van der Waals surface area contributed by atoms with Crippen molar-refractivity contribution in [3.05, 3.63) is 30.3 Å². The van der Waals surface area contributed by atoms with E-state index in [4.69, 9.17) is 0 Å². The smallest absolute Gasteiger partial charge is 0.238 e. The molecule has 0 bridgehead atoms. The van der Waals surface area contributed by atoms with E-state index in [1.807, 2.05) is 30.3 Å². The fraction of sp³-hybridized carbons (Fsp3) is 0.562. The van der Waals surface area contributed by atoms with Gasteiger partial charge in [-0.2, -0.15) is 0 Å². The van der Waals surface area contributed by atoms with Gasteiger partial charge < -0.3 is 10.6 Å². The van der Waals surface area contributed by atoms with Crippen LogP contribution >= 0.6 is 0 Å². The van der Waals surface area contributed by atoms with E-state index < -0.39 is 0 Å². The van der Waals surface area contributed by atoms with Gasteiger partial charge in [0.2, 0.25) is 5.91 Å². The van der Waals surface area contributed by atoms with Crippen molar-refractivity contribution < 1.29 is 4.79 Å². The van der Waals surface area contributed by atoms with Gasteiger partial charge in [0.05, 0.1) is 6.54 Å². The zero-order valence-electron chi connectivity index (χ0n) is 11.3.